The average Bonchev–Trinajstić information content (AvgIpc) is 2.78. The van der Waals surface area contributed by atoms with Crippen LogP contribution < -0.4 is 10.6 Å². The molecule has 2 aromatic rings. The molecule has 0 saturated carbocycles. The Balaban J connectivity index is 1.56. The number of likely N-dealkylation sites (N-methyl/N-ethyl adjacent to an activating group) is 1. The molecule has 3 rings (SSSR count). The van der Waals surface area contributed by atoms with Gasteiger partial charge in [0.25, 0.3) is 0 Å². The van der Waals surface area contributed by atoms with Crippen LogP contribution >= 0.6 is 0 Å². The number of carbonyl (C=O) groups is 1. The quantitative estimate of drug-likeness (QED) is 0.492. The number of anilines is 1. The number of carbonyl (C=O) groups excluding carboxylic acids is 1. The molecule has 1 heterocycles. The SMILES string of the molecule is CCNC(=NCc1cccc(NC(=O)CN(C)C)c1)N1CCN(Cc2ccccc2)CC1. The number of aliphatic imine (C=N–C) groups is 1. The van der Waals surface area contributed by atoms with Gasteiger partial charge in [-0.2, -0.15) is 0 Å². The topological polar surface area (TPSA) is 63.2 Å². The van der Waals surface area contributed by atoms with Gasteiger partial charge in [0.2, 0.25) is 5.91 Å². The predicted molar refractivity (Wildman–Crippen MR) is 132 cm³/mol. The lowest BCUT2D eigenvalue weighted by Crippen LogP contribution is -2.52. The van der Waals surface area contributed by atoms with Crippen LogP contribution in [0.15, 0.2) is 59.6 Å². The second kappa shape index (κ2) is 12.2. The zero-order valence-electron chi connectivity index (χ0n) is 19.6. The third kappa shape index (κ3) is 7.66. The first-order valence-electron chi connectivity index (χ1n) is 11.4. The molecule has 7 nitrogen and oxygen atoms in total. The summed E-state index contributed by atoms with van der Waals surface area (Å²) in [5.74, 6) is 0.936. The molecular weight excluding hydrogens is 400 g/mol. The molecule has 7 heteroatoms. The minimum Gasteiger partial charge on any atom is -0.357 e. The van der Waals surface area contributed by atoms with Crippen LogP contribution in [0.5, 0.6) is 0 Å². The highest BCUT2D eigenvalue weighted by atomic mass is 16.2. The maximum absolute atomic E-state index is 12.0. The van der Waals surface area contributed by atoms with Crippen molar-refractivity contribution in [3.05, 3.63) is 65.7 Å². The molecule has 1 amide bonds. The maximum atomic E-state index is 12.0. The number of nitrogens with one attached hydrogen (secondary N) is 2. The summed E-state index contributed by atoms with van der Waals surface area (Å²) in [5.41, 5.74) is 3.24. The van der Waals surface area contributed by atoms with E-state index in [9.17, 15) is 4.79 Å². The van der Waals surface area contributed by atoms with E-state index in [2.05, 4.69) is 57.7 Å². The van der Waals surface area contributed by atoms with E-state index < -0.39 is 0 Å². The van der Waals surface area contributed by atoms with Crippen molar-refractivity contribution < 1.29 is 4.79 Å². The lowest BCUT2D eigenvalue weighted by Gasteiger charge is -2.36. The number of hydrogen-bond acceptors (Lipinski definition) is 4. The molecule has 2 N–H and O–H groups in total. The molecule has 32 heavy (non-hydrogen) atoms. The summed E-state index contributed by atoms with van der Waals surface area (Å²) in [4.78, 5) is 23.6. The number of amides is 1. The minimum atomic E-state index is -0.0163. The van der Waals surface area contributed by atoms with Gasteiger partial charge in [-0.1, -0.05) is 42.5 Å². The molecule has 0 atom stereocenters. The fourth-order valence-electron chi connectivity index (χ4n) is 3.79. The zero-order valence-corrected chi connectivity index (χ0v) is 19.6. The Bertz CT molecular complexity index is 875. The van der Waals surface area contributed by atoms with Crippen molar-refractivity contribution in [3.63, 3.8) is 0 Å². The Kier molecular flexibility index (Phi) is 9.07. The first-order chi connectivity index (χ1) is 15.5. The van der Waals surface area contributed by atoms with Gasteiger partial charge >= 0.3 is 0 Å². The summed E-state index contributed by atoms with van der Waals surface area (Å²) in [6, 6.07) is 18.6. The molecule has 0 bridgehead atoms. The lowest BCUT2D eigenvalue weighted by atomic mass is 10.2. The molecule has 0 aliphatic carbocycles. The van der Waals surface area contributed by atoms with Gasteiger partial charge in [-0.3, -0.25) is 9.69 Å². The first kappa shape index (κ1) is 23.8. The molecule has 2 aromatic carbocycles. The van der Waals surface area contributed by atoms with Crippen molar-refractivity contribution in [1.29, 1.82) is 0 Å². The summed E-state index contributed by atoms with van der Waals surface area (Å²) < 4.78 is 0. The van der Waals surface area contributed by atoms with Gasteiger partial charge in [-0.15, -0.1) is 0 Å². The summed E-state index contributed by atoms with van der Waals surface area (Å²) in [7, 11) is 3.77. The van der Waals surface area contributed by atoms with Crippen LogP contribution in [0.3, 0.4) is 0 Å². The minimum absolute atomic E-state index is 0.0163. The van der Waals surface area contributed by atoms with E-state index in [1.807, 2.05) is 43.3 Å². The summed E-state index contributed by atoms with van der Waals surface area (Å²) in [5, 5.41) is 6.39. The molecule has 1 fully saturated rings. The summed E-state index contributed by atoms with van der Waals surface area (Å²) in [6.45, 7) is 8.83. The van der Waals surface area contributed by atoms with Crippen molar-refractivity contribution in [1.82, 2.24) is 20.0 Å². The van der Waals surface area contributed by atoms with Crippen LogP contribution in [-0.4, -0.2) is 79.9 Å². The monoisotopic (exact) mass is 436 g/mol. The van der Waals surface area contributed by atoms with Gasteiger partial charge in [0, 0.05) is 45.0 Å². The van der Waals surface area contributed by atoms with Crippen LogP contribution in [-0.2, 0) is 17.9 Å². The average molecular weight is 437 g/mol. The number of piperazine rings is 1. The van der Waals surface area contributed by atoms with Gasteiger partial charge in [0.05, 0.1) is 13.1 Å². The van der Waals surface area contributed by atoms with Gasteiger partial charge in [-0.05, 0) is 44.3 Å². The van der Waals surface area contributed by atoms with Gasteiger partial charge in [0.1, 0.15) is 0 Å². The lowest BCUT2D eigenvalue weighted by molar-refractivity contribution is -0.116. The fourth-order valence-corrected chi connectivity index (χ4v) is 3.79. The van der Waals surface area contributed by atoms with Crippen LogP contribution in [0.4, 0.5) is 5.69 Å². The molecule has 1 saturated heterocycles. The van der Waals surface area contributed by atoms with E-state index in [1.165, 1.54) is 5.56 Å². The largest absolute Gasteiger partial charge is 0.357 e. The van der Waals surface area contributed by atoms with Crippen molar-refractivity contribution >= 4 is 17.6 Å². The Hall–Kier alpha value is -2.90. The Morgan fingerprint density at radius 2 is 1.72 bits per heavy atom. The highest BCUT2D eigenvalue weighted by Gasteiger charge is 2.19. The number of guanidine groups is 1. The van der Waals surface area contributed by atoms with Crippen LogP contribution in [0, 0.1) is 0 Å². The van der Waals surface area contributed by atoms with E-state index in [1.54, 1.807) is 0 Å². The Labute approximate surface area is 192 Å². The summed E-state index contributed by atoms with van der Waals surface area (Å²) >= 11 is 0. The molecule has 1 aliphatic heterocycles. The molecule has 0 spiro atoms. The van der Waals surface area contributed by atoms with Gasteiger partial charge in [0.15, 0.2) is 5.96 Å². The van der Waals surface area contributed by atoms with Gasteiger partial charge in [-0.25, -0.2) is 4.99 Å². The molecule has 1 aliphatic rings. The molecule has 0 radical (unpaired) electrons. The Morgan fingerprint density at radius 1 is 1.00 bits per heavy atom. The van der Waals surface area contributed by atoms with E-state index in [4.69, 9.17) is 4.99 Å². The predicted octanol–water partition coefficient (Wildman–Crippen LogP) is 2.47. The van der Waals surface area contributed by atoms with Crippen LogP contribution in [0.1, 0.15) is 18.1 Å². The van der Waals surface area contributed by atoms with E-state index in [-0.39, 0.29) is 5.91 Å². The second-order valence-corrected chi connectivity index (χ2v) is 8.41. The first-order valence-corrected chi connectivity index (χ1v) is 11.4. The maximum Gasteiger partial charge on any atom is 0.238 e. The van der Waals surface area contributed by atoms with E-state index in [0.29, 0.717) is 13.1 Å². The van der Waals surface area contributed by atoms with Crippen molar-refractivity contribution in [3.8, 4) is 0 Å². The van der Waals surface area contributed by atoms with E-state index >= 15 is 0 Å². The summed E-state index contributed by atoms with van der Waals surface area (Å²) in [6.07, 6.45) is 0. The highest BCUT2D eigenvalue weighted by Crippen LogP contribution is 2.13. The fraction of sp³-hybridized carbons (Fsp3) is 0.440. The molecule has 172 valence electrons. The zero-order chi connectivity index (χ0) is 22.8. The number of rotatable bonds is 8. The van der Waals surface area contributed by atoms with E-state index in [0.717, 1.165) is 56.5 Å². The highest BCUT2D eigenvalue weighted by molar-refractivity contribution is 5.92. The number of benzene rings is 2. The van der Waals surface area contributed by atoms with Gasteiger partial charge < -0.3 is 20.4 Å². The van der Waals surface area contributed by atoms with Crippen molar-refractivity contribution in [2.45, 2.75) is 20.0 Å². The standard InChI is InChI=1S/C25H36N6O/c1-4-26-25(31-15-13-30(14-16-31)19-21-9-6-5-7-10-21)27-18-22-11-8-12-23(17-22)28-24(32)20-29(2)3/h5-12,17H,4,13-16,18-20H2,1-3H3,(H,26,27)(H,28,32). The number of nitrogens with zero attached hydrogens (tertiary/aromatic N) is 4. The normalized spacial score (nSPS) is 15.1. The smallest absolute Gasteiger partial charge is 0.238 e. The van der Waals surface area contributed by atoms with Crippen LogP contribution in [0.25, 0.3) is 0 Å². The molecule has 0 aromatic heterocycles. The van der Waals surface area contributed by atoms with Crippen molar-refractivity contribution in [2.24, 2.45) is 4.99 Å². The molecular formula is C25H36N6O. The number of hydrogen-bond donors (Lipinski definition) is 2. The third-order valence-electron chi connectivity index (χ3n) is 5.34. The third-order valence-corrected chi connectivity index (χ3v) is 5.34. The van der Waals surface area contributed by atoms with Crippen LogP contribution in [0.2, 0.25) is 0 Å². The Morgan fingerprint density at radius 3 is 2.41 bits per heavy atom. The second-order valence-electron chi connectivity index (χ2n) is 8.41. The molecule has 0 unspecified atom stereocenters. The van der Waals surface area contributed by atoms with Crippen molar-refractivity contribution in [2.75, 3.05) is 58.7 Å².